The molecule has 0 unspecified atom stereocenters. The first-order chi connectivity index (χ1) is 20.9. The zero-order valence-corrected chi connectivity index (χ0v) is 24.5. The standard InChI is InChI=1S/C33H24FN3O4S2/c1-18-15-22-16-20(13-14-26(22)41-18)29(38)27-28(24-11-4-5-12-25(24)34)37(31(40)30(27)39)32-35-36-33(43-32)42-17-21-9-6-8-19-7-2-3-10-23(19)21/h2-14,16,18,28,38H,15,17H2,1H3/t18-,28-/m1/s1. The lowest BCUT2D eigenvalue weighted by atomic mass is 9.94. The molecule has 1 fully saturated rings. The highest BCUT2D eigenvalue weighted by Crippen LogP contribution is 2.45. The van der Waals surface area contributed by atoms with Gasteiger partial charge in [-0.05, 0) is 53.1 Å². The van der Waals surface area contributed by atoms with Gasteiger partial charge in [0.15, 0.2) is 4.34 Å². The van der Waals surface area contributed by atoms with Crippen LogP contribution in [0.15, 0.2) is 94.8 Å². The minimum atomic E-state index is -1.23. The average molecular weight is 610 g/mol. The number of anilines is 1. The Labute approximate surface area is 254 Å². The molecule has 1 saturated heterocycles. The van der Waals surface area contributed by atoms with Crippen LogP contribution in [0.4, 0.5) is 9.52 Å². The van der Waals surface area contributed by atoms with Crippen molar-refractivity contribution in [2.75, 3.05) is 4.90 Å². The van der Waals surface area contributed by atoms with Gasteiger partial charge >= 0.3 is 5.91 Å². The van der Waals surface area contributed by atoms with E-state index in [1.54, 1.807) is 24.3 Å². The fourth-order valence-electron chi connectivity index (χ4n) is 5.66. The van der Waals surface area contributed by atoms with Gasteiger partial charge in [-0.3, -0.25) is 14.5 Å². The molecule has 1 N–H and O–H groups in total. The molecule has 0 aliphatic carbocycles. The van der Waals surface area contributed by atoms with Gasteiger partial charge in [-0.15, -0.1) is 10.2 Å². The minimum absolute atomic E-state index is 0.0125. The summed E-state index contributed by atoms with van der Waals surface area (Å²) >= 11 is 2.60. The number of benzene rings is 4. The van der Waals surface area contributed by atoms with Crippen molar-refractivity contribution in [1.29, 1.82) is 0 Å². The predicted octanol–water partition coefficient (Wildman–Crippen LogP) is 7.07. The van der Waals surface area contributed by atoms with E-state index in [1.807, 2.05) is 25.1 Å². The number of carbonyl (C=O) groups is 2. The number of ketones is 1. The van der Waals surface area contributed by atoms with Crippen molar-refractivity contribution in [3.8, 4) is 5.75 Å². The van der Waals surface area contributed by atoms with Crippen molar-refractivity contribution < 1.29 is 23.8 Å². The van der Waals surface area contributed by atoms with E-state index in [-0.39, 0.29) is 28.1 Å². The number of carbonyl (C=O) groups excluding carboxylic acids is 2. The Bertz CT molecular complexity index is 1950. The number of amides is 1. The Morgan fingerprint density at radius 3 is 2.70 bits per heavy atom. The number of hydrogen-bond donors (Lipinski definition) is 1. The first-order valence-electron chi connectivity index (χ1n) is 13.7. The largest absolute Gasteiger partial charge is 0.507 e. The van der Waals surface area contributed by atoms with Gasteiger partial charge in [0.25, 0.3) is 5.78 Å². The molecule has 214 valence electrons. The molecule has 3 heterocycles. The molecule has 0 spiro atoms. The molecule has 1 aromatic heterocycles. The van der Waals surface area contributed by atoms with E-state index < -0.39 is 23.5 Å². The number of nitrogens with zero attached hydrogens (tertiary/aromatic N) is 3. The summed E-state index contributed by atoms with van der Waals surface area (Å²) in [4.78, 5) is 28.2. The first kappa shape index (κ1) is 27.3. The molecule has 43 heavy (non-hydrogen) atoms. The summed E-state index contributed by atoms with van der Waals surface area (Å²) < 4.78 is 21.6. The summed E-state index contributed by atoms with van der Waals surface area (Å²) in [5, 5.41) is 22.4. The van der Waals surface area contributed by atoms with Gasteiger partial charge in [0.1, 0.15) is 29.5 Å². The lowest BCUT2D eigenvalue weighted by Gasteiger charge is -2.23. The van der Waals surface area contributed by atoms with Crippen LogP contribution in [0.2, 0.25) is 0 Å². The molecule has 4 aromatic carbocycles. The Kier molecular flexibility index (Phi) is 6.95. The lowest BCUT2D eigenvalue weighted by molar-refractivity contribution is -0.132. The van der Waals surface area contributed by atoms with Gasteiger partial charge in [0, 0.05) is 23.3 Å². The molecule has 7 nitrogen and oxygen atoms in total. The zero-order chi connectivity index (χ0) is 29.7. The average Bonchev–Trinajstić information content (AvgIpc) is 3.70. The van der Waals surface area contributed by atoms with E-state index >= 15 is 4.39 Å². The van der Waals surface area contributed by atoms with Crippen LogP contribution in [0.5, 0.6) is 5.75 Å². The minimum Gasteiger partial charge on any atom is -0.507 e. The number of aliphatic hydroxyl groups is 1. The summed E-state index contributed by atoms with van der Waals surface area (Å²) in [5.41, 5.74) is 2.22. The number of rotatable bonds is 6. The van der Waals surface area contributed by atoms with E-state index in [2.05, 4.69) is 34.5 Å². The van der Waals surface area contributed by atoms with Crippen LogP contribution in [0.1, 0.15) is 35.2 Å². The van der Waals surface area contributed by atoms with E-state index in [1.165, 1.54) is 30.0 Å². The van der Waals surface area contributed by atoms with Crippen molar-refractivity contribution in [3.05, 3.63) is 119 Å². The van der Waals surface area contributed by atoms with E-state index in [0.29, 0.717) is 27.8 Å². The quantitative estimate of drug-likeness (QED) is 0.0724. The Morgan fingerprint density at radius 1 is 1.05 bits per heavy atom. The molecule has 2 atom stereocenters. The second kappa shape index (κ2) is 10.9. The molecule has 0 radical (unpaired) electrons. The molecule has 1 amide bonds. The van der Waals surface area contributed by atoms with Crippen molar-refractivity contribution in [1.82, 2.24) is 10.2 Å². The maximum absolute atomic E-state index is 15.3. The SMILES string of the molecule is C[C@@H]1Cc2cc(C(O)=C3C(=O)C(=O)N(c4nnc(SCc5cccc6ccccc56)s4)[C@@H]3c3ccccc3F)ccc2O1. The van der Waals surface area contributed by atoms with Crippen molar-refractivity contribution >= 4 is 56.5 Å². The van der Waals surface area contributed by atoms with Gasteiger partial charge in [-0.25, -0.2) is 4.39 Å². The molecule has 0 bridgehead atoms. The molecular formula is C33H24FN3O4S2. The number of Topliss-reactive ketones (excluding diaryl/α,β-unsaturated/α-hetero) is 1. The first-order valence-corrected chi connectivity index (χ1v) is 15.5. The Morgan fingerprint density at radius 2 is 1.84 bits per heavy atom. The molecule has 10 heteroatoms. The summed E-state index contributed by atoms with van der Waals surface area (Å²) in [6.07, 6.45) is 0.632. The van der Waals surface area contributed by atoms with E-state index in [4.69, 9.17) is 4.74 Å². The van der Waals surface area contributed by atoms with Gasteiger partial charge in [0.05, 0.1) is 5.57 Å². The van der Waals surface area contributed by atoms with Crippen LogP contribution in [0.25, 0.3) is 16.5 Å². The van der Waals surface area contributed by atoms with Gasteiger partial charge in [-0.1, -0.05) is 83.8 Å². The molecule has 0 saturated carbocycles. The third kappa shape index (κ3) is 4.86. The summed E-state index contributed by atoms with van der Waals surface area (Å²) in [6.45, 7) is 1.94. The van der Waals surface area contributed by atoms with Crippen LogP contribution in [0, 0.1) is 5.82 Å². The van der Waals surface area contributed by atoms with Gasteiger partial charge < -0.3 is 9.84 Å². The lowest BCUT2D eigenvalue weighted by Crippen LogP contribution is -2.29. The highest BCUT2D eigenvalue weighted by molar-refractivity contribution is 8.00. The summed E-state index contributed by atoms with van der Waals surface area (Å²) in [6, 6.07) is 24.0. The third-order valence-electron chi connectivity index (χ3n) is 7.65. The summed E-state index contributed by atoms with van der Waals surface area (Å²) in [7, 11) is 0. The highest BCUT2D eigenvalue weighted by Gasteiger charge is 2.49. The smallest absolute Gasteiger partial charge is 0.301 e. The maximum atomic E-state index is 15.3. The number of halogens is 1. The predicted molar refractivity (Wildman–Crippen MR) is 165 cm³/mol. The molecule has 2 aliphatic rings. The van der Waals surface area contributed by atoms with Crippen LogP contribution in [-0.4, -0.2) is 33.1 Å². The number of thioether (sulfide) groups is 1. The fourth-order valence-corrected chi connectivity index (χ4v) is 7.53. The second-order valence-corrected chi connectivity index (χ2v) is 12.6. The van der Waals surface area contributed by atoms with Crippen molar-refractivity contribution in [2.45, 2.75) is 35.6 Å². The zero-order valence-electron chi connectivity index (χ0n) is 22.9. The number of hydrogen-bond acceptors (Lipinski definition) is 8. The van der Waals surface area contributed by atoms with Crippen LogP contribution in [0.3, 0.4) is 0 Å². The molecular weight excluding hydrogens is 586 g/mol. The number of aliphatic hydroxyl groups excluding tert-OH is 1. The van der Waals surface area contributed by atoms with Crippen LogP contribution < -0.4 is 9.64 Å². The monoisotopic (exact) mass is 609 g/mol. The molecule has 2 aliphatic heterocycles. The topological polar surface area (TPSA) is 92.6 Å². The number of ether oxygens (including phenoxy) is 1. The third-order valence-corrected chi connectivity index (χ3v) is 9.75. The van der Waals surface area contributed by atoms with E-state index in [9.17, 15) is 14.7 Å². The van der Waals surface area contributed by atoms with Crippen LogP contribution in [-0.2, 0) is 21.8 Å². The normalized spacial score (nSPS) is 19.2. The van der Waals surface area contributed by atoms with E-state index in [0.717, 1.165) is 38.1 Å². The number of fused-ring (bicyclic) bond motifs is 2. The summed E-state index contributed by atoms with van der Waals surface area (Å²) in [5.74, 6) is -1.50. The Balaban J connectivity index is 1.26. The number of aromatic nitrogens is 2. The van der Waals surface area contributed by atoms with Gasteiger partial charge in [-0.2, -0.15) is 0 Å². The maximum Gasteiger partial charge on any atom is 0.301 e. The molecule has 7 rings (SSSR count). The fraction of sp³-hybridized carbons (Fsp3) is 0.152. The highest BCUT2D eigenvalue weighted by atomic mass is 32.2. The Hall–Kier alpha value is -4.54. The van der Waals surface area contributed by atoms with Gasteiger partial charge in [0.2, 0.25) is 5.13 Å². The van der Waals surface area contributed by atoms with Crippen molar-refractivity contribution in [3.63, 3.8) is 0 Å². The molecule has 5 aromatic rings. The second-order valence-electron chi connectivity index (χ2n) is 10.4. The van der Waals surface area contributed by atoms with Crippen LogP contribution >= 0.6 is 23.1 Å². The van der Waals surface area contributed by atoms with Crippen molar-refractivity contribution in [2.24, 2.45) is 0 Å².